The molecule has 5 nitrogen and oxygen atoms in total. The molecule has 3 rings (SSSR count). The van der Waals surface area contributed by atoms with Crippen molar-refractivity contribution in [3.8, 4) is 0 Å². The fourth-order valence-electron chi connectivity index (χ4n) is 3.24. The van der Waals surface area contributed by atoms with Crippen LogP contribution in [-0.4, -0.2) is 27.9 Å². The molecule has 1 saturated carbocycles. The van der Waals surface area contributed by atoms with Crippen molar-refractivity contribution in [2.24, 2.45) is 0 Å². The Balaban J connectivity index is 2.03. The van der Waals surface area contributed by atoms with Crippen molar-refractivity contribution in [1.82, 2.24) is 9.55 Å². The summed E-state index contributed by atoms with van der Waals surface area (Å²) < 4.78 is 6.77. The minimum absolute atomic E-state index is 0.0556. The van der Waals surface area contributed by atoms with Crippen LogP contribution >= 0.6 is 23.4 Å². The highest BCUT2D eigenvalue weighted by molar-refractivity contribution is 7.99. The third-order valence-electron chi connectivity index (χ3n) is 4.40. The Kier molecular flexibility index (Phi) is 6.02. The molecule has 1 fully saturated rings. The van der Waals surface area contributed by atoms with Gasteiger partial charge < -0.3 is 4.74 Å². The summed E-state index contributed by atoms with van der Waals surface area (Å²) in [5.74, 6) is -0.165. The monoisotopic (exact) mass is 380 g/mol. The highest BCUT2D eigenvalue weighted by Gasteiger charge is 2.22. The van der Waals surface area contributed by atoms with Crippen molar-refractivity contribution in [2.75, 3.05) is 12.4 Å². The molecule has 0 unspecified atom stereocenters. The van der Waals surface area contributed by atoms with Crippen LogP contribution < -0.4 is 5.56 Å². The van der Waals surface area contributed by atoms with Crippen molar-refractivity contribution >= 4 is 40.2 Å². The fourth-order valence-corrected chi connectivity index (χ4v) is 4.27. The number of carbonyl (C=O) groups excluding carboxylic acids is 1. The second kappa shape index (κ2) is 8.23. The van der Waals surface area contributed by atoms with Crippen LogP contribution in [0.25, 0.3) is 10.9 Å². The molecule has 7 heteroatoms. The molecule has 0 radical (unpaired) electrons. The smallest absolute Gasteiger partial charge is 0.316 e. The van der Waals surface area contributed by atoms with Crippen molar-refractivity contribution in [3.05, 3.63) is 33.6 Å². The Morgan fingerprint density at radius 1 is 1.36 bits per heavy atom. The number of nitrogens with zero attached hydrogens (tertiary/aromatic N) is 2. The fraction of sp³-hybridized carbons (Fsp3) is 0.500. The van der Waals surface area contributed by atoms with Gasteiger partial charge in [-0.25, -0.2) is 4.98 Å². The van der Waals surface area contributed by atoms with Gasteiger partial charge in [0, 0.05) is 11.1 Å². The normalized spacial score (nSPS) is 15.4. The second-order valence-corrected chi connectivity index (χ2v) is 7.50. The molecule has 0 bridgehead atoms. The maximum atomic E-state index is 13.1. The van der Waals surface area contributed by atoms with Gasteiger partial charge in [0.1, 0.15) is 0 Å². The first-order valence-corrected chi connectivity index (χ1v) is 9.96. The molecule has 0 saturated heterocycles. The first-order valence-electron chi connectivity index (χ1n) is 8.60. The average Bonchev–Trinajstić information content (AvgIpc) is 2.60. The van der Waals surface area contributed by atoms with E-state index in [9.17, 15) is 9.59 Å². The van der Waals surface area contributed by atoms with E-state index in [-0.39, 0.29) is 23.3 Å². The maximum Gasteiger partial charge on any atom is 0.316 e. The average molecular weight is 381 g/mol. The van der Waals surface area contributed by atoms with E-state index in [0.29, 0.717) is 27.7 Å². The topological polar surface area (TPSA) is 61.2 Å². The van der Waals surface area contributed by atoms with E-state index in [1.165, 1.54) is 18.2 Å². The number of benzene rings is 1. The van der Waals surface area contributed by atoms with Crippen LogP contribution in [-0.2, 0) is 9.53 Å². The number of hydrogen-bond acceptors (Lipinski definition) is 5. The van der Waals surface area contributed by atoms with Gasteiger partial charge in [-0.2, -0.15) is 0 Å². The molecule has 1 aromatic heterocycles. The predicted molar refractivity (Wildman–Crippen MR) is 100 cm³/mol. The lowest BCUT2D eigenvalue weighted by atomic mass is 9.95. The zero-order valence-electron chi connectivity index (χ0n) is 14.2. The van der Waals surface area contributed by atoms with Crippen LogP contribution in [0.1, 0.15) is 45.1 Å². The van der Waals surface area contributed by atoms with Gasteiger partial charge in [-0.15, -0.1) is 0 Å². The van der Waals surface area contributed by atoms with Crippen LogP contribution in [0.15, 0.2) is 28.2 Å². The molecule has 0 spiro atoms. The SMILES string of the molecule is CCOC(=O)CSc1nc2cc(Cl)ccc2c(=O)n1C1CCCCC1. The molecule has 1 aromatic carbocycles. The Bertz CT molecular complexity index is 831. The van der Waals surface area contributed by atoms with Crippen molar-refractivity contribution < 1.29 is 9.53 Å². The van der Waals surface area contributed by atoms with Gasteiger partial charge in [-0.05, 0) is 38.0 Å². The zero-order chi connectivity index (χ0) is 17.8. The number of esters is 1. The summed E-state index contributed by atoms with van der Waals surface area (Å²) in [5, 5.41) is 1.67. The Labute approximate surface area is 155 Å². The number of ether oxygens (including phenoxy) is 1. The molecule has 0 aliphatic heterocycles. The second-order valence-electron chi connectivity index (χ2n) is 6.12. The number of hydrogen-bond donors (Lipinski definition) is 0. The highest BCUT2D eigenvalue weighted by Crippen LogP contribution is 2.31. The van der Waals surface area contributed by atoms with Crippen molar-refractivity contribution in [2.45, 2.75) is 50.2 Å². The molecular formula is C18H21ClN2O3S. The van der Waals surface area contributed by atoms with Gasteiger partial charge in [-0.1, -0.05) is 42.6 Å². The molecule has 2 aromatic rings. The van der Waals surface area contributed by atoms with Gasteiger partial charge in [0.2, 0.25) is 0 Å². The summed E-state index contributed by atoms with van der Waals surface area (Å²) in [5.41, 5.74) is 0.510. The third kappa shape index (κ3) is 4.18. The van der Waals surface area contributed by atoms with Crippen LogP contribution in [0.3, 0.4) is 0 Å². The summed E-state index contributed by atoms with van der Waals surface area (Å²) in [6, 6.07) is 5.27. The van der Waals surface area contributed by atoms with E-state index in [4.69, 9.17) is 16.3 Å². The summed E-state index contributed by atoms with van der Waals surface area (Å²) in [4.78, 5) is 29.4. The highest BCUT2D eigenvalue weighted by atomic mass is 35.5. The van der Waals surface area contributed by atoms with E-state index >= 15 is 0 Å². The number of halogens is 1. The summed E-state index contributed by atoms with van der Waals surface area (Å²) in [6.07, 6.45) is 5.35. The largest absolute Gasteiger partial charge is 0.465 e. The Morgan fingerprint density at radius 2 is 2.12 bits per heavy atom. The zero-order valence-corrected chi connectivity index (χ0v) is 15.7. The summed E-state index contributed by atoms with van der Waals surface area (Å²) >= 11 is 7.31. The van der Waals surface area contributed by atoms with E-state index in [2.05, 4.69) is 4.98 Å². The van der Waals surface area contributed by atoms with E-state index in [0.717, 1.165) is 25.7 Å². The Morgan fingerprint density at radius 3 is 2.84 bits per heavy atom. The van der Waals surface area contributed by atoms with Crippen LogP contribution in [0.2, 0.25) is 5.02 Å². The van der Waals surface area contributed by atoms with E-state index in [1.807, 2.05) is 0 Å². The third-order valence-corrected chi connectivity index (χ3v) is 5.56. The van der Waals surface area contributed by atoms with Crippen LogP contribution in [0, 0.1) is 0 Å². The van der Waals surface area contributed by atoms with Crippen molar-refractivity contribution in [1.29, 1.82) is 0 Å². The molecule has 1 aliphatic carbocycles. The van der Waals surface area contributed by atoms with Gasteiger partial charge in [0.05, 0.1) is 23.3 Å². The number of carbonyl (C=O) groups is 1. The molecule has 0 amide bonds. The van der Waals surface area contributed by atoms with Gasteiger partial charge in [-0.3, -0.25) is 14.2 Å². The van der Waals surface area contributed by atoms with E-state index in [1.54, 1.807) is 29.7 Å². The quantitative estimate of drug-likeness (QED) is 0.441. The molecule has 0 atom stereocenters. The van der Waals surface area contributed by atoms with Crippen LogP contribution in [0.4, 0.5) is 0 Å². The van der Waals surface area contributed by atoms with Gasteiger partial charge in [0.25, 0.3) is 5.56 Å². The van der Waals surface area contributed by atoms with Gasteiger partial charge >= 0.3 is 5.97 Å². The maximum absolute atomic E-state index is 13.1. The molecule has 134 valence electrons. The number of thioether (sulfide) groups is 1. The first kappa shape index (κ1) is 18.3. The standard InChI is InChI=1S/C18H21ClN2O3S/c1-2-24-16(22)11-25-18-20-15-10-12(19)8-9-14(15)17(23)21(18)13-6-4-3-5-7-13/h8-10,13H,2-7,11H2,1H3. The van der Waals surface area contributed by atoms with Gasteiger partial charge in [0.15, 0.2) is 5.16 Å². The molecule has 0 N–H and O–H groups in total. The molecule has 25 heavy (non-hydrogen) atoms. The minimum atomic E-state index is -0.303. The van der Waals surface area contributed by atoms with Crippen molar-refractivity contribution in [3.63, 3.8) is 0 Å². The predicted octanol–water partition coefficient (Wildman–Crippen LogP) is 4.21. The number of fused-ring (bicyclic) bond motifs is 1. The summed E-state index contributed by atoms with van der Waals surface area (Å²) in [6.45, 7) is 2.12. The first-order chi connectivity index (χ1) is 12.1. The summed E-state index contributed by atoms with van der Waals surface area (Å²) in [7, 11) is 0. The minimum Gasteiger partial charge on any atom is -0.465 e. The van der Waals surface area contributed by atoms with E-state index < -0.39 is 0 Å². The molecule has 1 aliphatic rings. The lowest BCUT2D eigenvalue weighted by molar-refractivity contribution is -0.139. The molecule has 1 heterocycles. The molecular weight excluding hydrogens is 360 g/mol. The Hall–Kier alpha value is -1.53. The lowest BCUT2D eigenvalue weighted by Gasteiger charge is -2.26. The number of aromatic nitrogens is 2. The lowest BCUT2D eigenvalue weighted by Crippen LogP contribution is -2.29. The number of rotatable bonds is 5. The van der Waals surface area contributed by atoms with Crippen LogP contribution in [0.5, 0.6) is 0 Å².